The number of hydrogen-bond acceptors (Lipinski definition) is 3. The molecule has 7 heteroatoms. The maximum atomic E-state index is 12.3. The zero-order valence-corrected chi connectivity index (χ0v) is 16.9. The number of benzene rings is 1. The molecule has 0 unspecified atom stereocenters. The summed E-state index contributed by atoms with van der Waals surface area (Å²) in [5, 5.41) is 17.2. The number of hydrazone groups is 1. The van der Waals surface area contributed by atoms with E-state index in [2.05, 4.69) is 47.7 Å². The topological polar surface area (TPSA) is 73.7 Å². The van der Waals surface area contributed by atoms with Crippen molar-refractivity contribution in [3.05, 3.63) is 26.6 Å². The van der Waals surface area contributed by atoms with Crippen LogP contribution < -0.4 is 10.7 Å². The third kappa shape index (κ3) is 3.58. The Kier molecular flexibility index (Phi) is 4.56. The summed E-state index contributed by atoms with van der Waals surface area (Å²) in [6, 6.07) is 3.23. The van der Waals surface area contributed by atoms with Gasteiger partial charge in [-0.15, -0.1) is 0 Å². The first kappa shape index (κ1) is 17.3. The number of aromatic hydroxyl groups is 1. The van der Waals surface area contributed by atoms with Gasteiger partial charge in [0.2, 0.25) is 0 Å². The summed E-state index contributed by atoms with van der Waals surface area (Å²) >= 11 is 6.65. The van der Waals surface area contributed by atoms with Crippen molar-refractivity contribution in [2.24, 2.45) is 22.9 Å². The Bertz CT molecular complexity index is 700. The molecule has 2 amide bonds. The van der Waals surface area contributed by atoms with Gasteiger partial charge in [0, 0.05) is 15.6 Å². The maximum Gasteiger partial charge on any atom is 0.335 e. The molecule has 0 radical (unpaired) electrons. The Labute approximate surface area is 163 Å². The first-order valence-electron chi connectivity index (χ1n) is 8.72. The van der Waals surface area contributed by atoms with Gasteiger partial charge >= 0.3 is 6.03 Å². The second kappa shape index (κ2) is 6.58. The summed E-state index contributed by atoms with van der Waals surface area (Å²) in [4.78, 5) is 12.3. The molecule has 4 bridgehead atoms. The highest BCUT2D eigenvalue weighted by Crippen LogP contribution is 2.55. The molecule has 4 saturated carbocycles. The predicted molar refractivity (Wildman–Crippen MR) is 104 cm³/mol. The van der Waals surface area contributed by atoms with Crippen molar-refractivity contribution in [1.82, 2.24) is 10.7 Å². The Morgan fingerprint density at radius 3 is 2.36 bits per heavy atom. The number of halogens is 2. The molecule has 4 fully saturated rings. The fraction of sp³-hybridized carbons (Fsp3) is 0.556. The van der Waals surface area contributed by atoms with Crippen LogP contribution in [0, 0.1) is 17.8 Å². The highest BCUT2D eigenvalue weighted by Gasteiger charge is 2.51. The number of phenols is 1. The van der Waals surface area contributed by atoms with E-state index in [0.717, 1.165) is 41.5 Å². The maximum absolute atomic E-state index is 12.3. The van der Waals surface area contributed by atoms with Crippen molar-refractivity contribution in [1.29, 1.82) is 0 Å². The summed E-state index contributed by atoms with van der Waals surface area (Å²) in [5.74, 6) is 2.44. The second-order valence-corrected chi connectivity index (χ2v) is 9.62. The van der Waals surface area contributed by atoms with E-state index in [1.54, 1.807) is 12.1 Å². The van der Waals surface area contributed by atoms with E-state index >= 15 is 0 Å². The van der Waals surface area contributed by atoms with Crippen molar-refractivity contribution in [2.75, 3.05) is 0 Å². The SMILES string of the molecule is O=C(N/N=C/c1cc(Br)cc(Br)c1O)NC12CC3CC(CC(C3)C1)C2. The van der Waals surface area contributed by atoms with Crippen LogP contribution in [0.3, 0.4) is 0 Å². The van der Waals surface area contributed by atoms with Crippen LogP contribution in [-0.2, 0) is 0 Å². The summed E-state index contributed by atoms with van der Waals surface area (Å²) in [6.45, 7) is 0. The number of carbonyl (C=O) groups excluding carboxylic acids is 1. The molecular weight excluding hydrogens is 450 g/mol. The third-order valence-electron chi connectivity index (χ3n) is 5.84. The van der Waals surface area contributed by atoms with Crippen molar-refractivity contribution < 1.29 is 9.90 Å². The van der Waals surface area contributed by atoms with Crippen LogP contribution in [-0.4, -0.2) is 22.9 Å². The van der Waals surface area contributed by atoms with Crippen LogP contribution in [0.2, 0.25) is 0 Å². The van der Waals surface area contributed by atoms with Crippen LogP contribution in [0.5, 0.6) is 5.75 Å². The molecular formula is C18H21Br2N3O2. The fourth-order valence-electron chi connectivity index (χ4n) is 5.38. The summed E-state index contributed by atoms with van der Waals surface area (Å²) < 4.78 is 1.39. The van der Waals surface area contributed by atoms with E-state index in [0.29, 0.717) is 10.0 Å². The van der Waals surface area contributed by atoms with E-state index in [9.17, 15) is 9.90 Å². The van der Waals surface area contributed by atoms with Gasteiger partial charge in [0.25, 0.3) is 0 Å². The fourth-order valence-corrected chi connectivity index (χ4v) is 6.64. The first-order chi connectivity index (χ1) is 11.9. The lowest BCUT2D eigenvalue weighted by Gasteiger charge is -2.56. The van der Waals surface area contributed by atoms with Crippen molar-refractivity contribution in [3.63, 3.8) is 0 Å². The van der Waals surface area contributed by atoms with Crippen LogP contribution in [0.15, 0.2) is 26.2 Å². The van der Waals surface area contributed by atoms with E-state index in [1.165, 1.54) is 25.5 Å². The largest absolute Gasteiger partial charge is 0.506 e. The highest BCUT2D eigenvalue weighted by molar-refractivity contribution is 9.11. The van der Waals surface area contributed by atoms with Crippen molar-refractivity contribution in [3.8, 4) is 5.75 Å². The molecule has 0 aromatic heterocycles. The van der Waals surface area contributed by atoms with Gasteiger partial charge in [0.15, 0.2) is 0 Å². The van der Waals surface area contributed by atoms with Gasteiger partial charge in [-0.2, -0.15) is 5.10 Å². The first-order valence-corrected chi connectivity index (χ1v) is 10.3. The van der Waals surface area contributed by atoms with E-state index in [4.69, 9.17) is 0 Å². The number of carbonyl (C=O) groups is 1. The standard InChI is InChI=1S/C18H21Br2N3O2/c19-14-4-13(16(24)15(20)5-14)9-21-23-17(25)22-18-6-10-1-11(7-18)3-12(2-10)8-18/h4-5,9-12,24H,1-3,6-8H2,(H2,22,23,25)/b21-9+. The minimum Gasteiger partial charge on any atom is -0.506 e. The molecule has 0 spiro atoms. The Balaban J connectivity index is 1.39. The molecule has 4 aliphatic carbocycles. The third-order valence-corrected chi connectivity index (χ3v) is 6.91. The second-order valence-electron chi connectivity index (χ2n) is 7.85. The number of urea groups is 1. The van der Waals surface area contributed by atoms with Crippen LogP contribution in [0.4, 0.5) is 4.79 Å². The Hall–Kier alpha value is -1.08. The van der Waals surface area contributed by atoms with Gasteiger partial charge in [-0.25, -0.2) is 10.2 Å². The molecule has 4 aliphatic rings. The number of phenolic OH excluding ortho intramolecular Hbond substituents is 1. The number of nitrogens with zero attached hydrogens (tertiary/aromatic N) is 1. The molecule has 5 rings (SSSR count). The molecule has 5 nitrogen and oxygen atoms in total. The number of amides is 2. The predicted octanol–water partition coefficient (Wildman–Crippen LogP) is 4.52. The van der Waals surface area contributed by atoms with Gasteiger partial charge in [-0.1, -0.05) is 15.9 Å². The lowest BCUT2D eigenvalue weighted by molar-refractivity contribution is -0.0135. The summed E-state index contributed by atoms with van der Waals surface area (Å²) in [6.07, 6.45) is 8.80. The van der Waals surface area contributed by atoms with Crippen LogP contribution in [0.1, 0.15) is 44.1 Å². The summed E-state index contributed by atoms with van der Waals surface area (Å²) in [5.41, 5.74) is 3.04. The molecule has 25 heavy (non-hydrogen) atoms. The lowest BCUT2D eigenvalue weighted by Crippen LogP contribution is -2.61. The average molecular weight is 471 g/mol. The van der Waals surface area contributed by atoms with Crippen molar-refractivity contribution in [2.45, 2.75) is 44.1 Å². The van der Waals surface area contributed by atoms with Gasteiger partial charge in [-0.05, 0) is 84.3 Å². The highest BCUT2D eigenvalue weighted by atomic mass is 79.9. The molecule has 134 valence electrons. The Morgan fingerprint density at radius 2 is 1.76 bits per heavy atom. The number of rotatable bonds is 3. The lowest BCUT2D eigenvalue weighted by atomic mass is 9.53. The van der Waals surface area contributed by atoms with Gasteiger partial charge < -0.3 is 10.4 Å². The molecule has 1 aromatic rings. The van der Waals surface area contributed by atoms with Gasteiger partial charge in [-0.3, -0.25) is 0 Å². The number of hydrogen-bond donors (Lipinski definition) is 3. The van der Waals surface area contributed by atoms with Crippen LogP contribution >= 0.6 is 31.9 Å². The quantitative estimate of drug-likeness (QED) is 0.448. The molecule has 0 aliphatic heterocycles. The van der Waals surface area contributed by atoms with E-state index in [-0.39, 0.29) is 17.3 Å². The zero-order valence-electron chi connectivity index (χ0n) is 13.8. The minimum atomic E-state index is -0.258. The van der Waals surface area contributed by atoms with E-state index in [1.807, 2.05) is 0 Å². The van der Waals surface area contributed by atoms with E-state index < -0.39 is 0 Å². The Morgan fingerprint density at radius 1 is 1.16 bits per heavy atom. The molecule has 3 N–H and O–H groups in total. The molecule has 0 saturated heterocycles. The normalized spacial score (nSPS) is 33.0. The average Bonchev–Trinajstić information content (AvgIpc) is 2.50. The molecule has 1 aromatic carbocycles. The smallest absolute Gasteiger partial charge is 0.335 e. The molecule has 0 heterocycles. The van der Waals surface area contributed by atoms with Crippen molar-refractivity contribution >= 4 is 44.1 Å². The van der Waals surface area contributed by atoms with Crippen LogP contribution in [0.25, 0.3) is 0 Å². The minimum absolute atomic E-state index is 0.0324. The monoisotopic (exact) mass is 469 g/mol. The van der Waals surface area contributed by atoms with Gasteiger partial charge in [0.05, 0.1) is 10.7 Å². The molecule has 0 atom stereocenters. The number of nitrogens with one attached hydrogen (secondary N) is 2. The van der Waals surface area contributed by atoms with Gasteiger partial charge in [0.1, 0.15) is 5.75 Å². The summed E-state index contributed by atoms with van der Waals surface area (Å²) in [7, 11) is 0. The zero-order chi connectivity index (χ0) is 17.6.